The largest absolute Gasteiger partial charge is 0.363 e. The van der Waals surface area contributed by atoms with E-state index >= 15 is 0 Å². The topological polar surface area (TPSA) is 55.1 Å². The number of rotatable bonds is 4. The van der Waals surface area contributed by atoms with Crippen molar-refractivity contribution >= 4 is 5.91 Å². The zero-order valence-electron chi connectivity index (χ0n) is 12.5. The minimum absolute atomic E-state index is 0.262. The predicted molar refractivity (Wildman–Crippen MR) is 84.2 cm³/mol. The summed E-state index contributed by atoms with van der Waals surface area (Å²) in [6.07, 6.45) is 1.33. The lowest BCUT2D eigenvalue weighted by atomic mass is 10.1. The highest BCUT2D eigenvalue weighted by Crippen LogP contribution is 2.22. The average Bonchev–Trinajstić information content (AvgIpc) is 3.06. The second kappa shape index (κ2) is 6.44. The van der Waals surface area contributed by atoms with Crippen molar-refractivity contribution in [2.75, 3.05) is 0 Å². The van der Waals surface area contributed by atoms with Gasteiger partial charge < -0.3 is 9.84 Å². The molecular weight excluding hydrogens is 295 g/mol. The van der Waals surface area contributed by atoms with E-state index in [1.165, 1.54) is 18.4 Å². The van der Waals surface area contributed by atoms with Gasteiger partial charge in [0.25, 0.3) is 5.91 Å². The molecule has 1 heterocycles. The first-order valence-electron chi connectivity index (χ1n) is 7.21. The maximum absolute atomic E-state index is 13.0. The first kappa shape index (κ1) is 15.0. The van der Waals surface area contributed by atoms with Crippen molar-refractivity contribution < 1.29 is 13.7 Å². The van der Waals surface area contributed by atoms with E-state index in [9.17, 15) is 9.18 Å². The van der Waals surface area contributed by atoms with E-state index < -0.39 is 0 Å². The molecule has 0 aliphatic carbocycles. The quantitative estimate of drug-likeness (QED) is 0.793. The SMILES string of the molecule is C[C@@H](NC(=O)c1conc1-c1ccccc1)c1ccc(F)cc1. The molecule has 2 aromatic carbocycles. The molecule has 0 aliphatic rings. The lowest BCUT2D eigenvalue weighted by Crippen LogP contribution is -2.26. The van der Waals surface area contributed by atoms with E-state index in [1.54, 1.807) is 12.1 Å². The molecule has 0 saturated carbocycles. The Hall–Kier alpha value is -2.95. The van der Waals surface area contributed by atoms with Gasteiger partial charge in [0.05, 0.1) is 6.04 Å². The summed E-state index contributed by atoms with van der Waals surface area (Å²) < 4.78 is 17.9. The Bertz CT molecular complexity index is 797. The smallest absolute Gasteiger partial charge is 0.257 e. The molecule has 116 valence electrons. The van der Waals surface area contributed by atoms with Gasteiger partial charge in [-0.3, -0.25) is 4.79 Å². The van der Waals surface area contributed by atoms with Crippen molar-refractivity contribution in [2.45, 2.75) is 13.0 Å². The minimum Gasteiger partial charge on any atom is -0.363 e. The number of amides is 1. The van der Waals surface area contributed by atoms with Crippen LogP contribution in [0.3, 0.4) is 0 Å². The molecule has 0 bridgehead atoms. The molecule has 3 rings (SSSR count). The Morgan fingerprint density at radius 3 is 2.52 bits per heavy atom. The molecule has 3 aromatic rings. The summed E-state index contributed by atoms with van der Waals surface area (Å²) in [5, 5.41) is 6.78. The van der Waals surface area contributed by atoms with Gasteiger partial charge in [-0.2, -0.15) is 0 Å². The van der Waals surface area contributed by atoms with E-state index in [4.69, 9.17) is 4.52 Å². The molecule has 0 spiro atoms. The molecule has 0 aliphatic heterocycles. The minimum atomic E-state index is -0.308. The molecule has 1 N–H and O–H groups in total. The van der Waals surface area contributed by atoms with Crippen LogP contribution in [0.15, 0.2) is 65.4 Å². The van der Waals surface area contributed by atoms with Crippen molar-refractivity contribution in [2.24, 2.45) is 0 Å². The molecule has 0 fully saturated rings. The highest BCUT2D eigenvalue weighted by atomic mass is 19.1. The number of benzene rings is 2. The van der Waals surface area contributed by atoms with Crippen molar-refractivity contribution in [3.63, 3.8) is 0 Å². The maximum Gasteiger partial charge on any atom is 0.257 e. The van der Waals surface area contributed by atoms with Crippen LogP contribution in [0.5, 0.6) is 0 Å². The van der Waals surface area contributed by atoms with Gasteiger partial charge >= 0.3 is 0 Å². The van der Waals surface area contributed by atoms with Crippen molar-refractivity contribution in [3.05, 3.63) is 77.8 Å². The van der Waals surface area contributed by atoms with Crippen LogP contribution in [-0.4, -0.2) is 11.1 Å². The number of hydrogen-bond donors (Lipinski definition) is 1. The zero-order valence-corrected chi connectivity index (χ0v) is 12.5. The summed E-state index contributed by atoms with van der Waals surface area (Å²) in [7, 11) is 0. The van der Waals surface area contributed by atoms with Crippen LogP contribution in [-0.2, 0) is 0 Å². The summed E-state index contributed by atoms with van der Waals surface area (Å²) in [6, 6.07) is 15.1. The fourth-order valence-corrected chi connectivity index (χ4v) is 2.31. The Morgan fingerprint density at radius 2 is 1.83 bits per heavy atom. The highest BCUT2D eigenvalue weighted by molar-refractivity contribution is 5.99. The van der Waals surface area contributed by atoms with E-state index in [0.29, 0.717) is 11.3 Å². The van der Waals surface area contributed by atoms with Crippen LogP contribution in [0.4, 0.5) is 4.39 Å². The van der Waals surface area contributed by atoms with Crippen molar-refractivity contribution in [3.8, 4) is 11.3 Å². The van der Waals surface area contributed by atoms with Gasteiger partial charge in [-0.25, -0.2) is 4.39 Å². The highest BCUT2D eigenvalue weighted by Gasteiger charge is 2.19. The normalized spacial score (nSPS) is 11.9. The van der Waals surface area contributed by atoms with Gasteiger partial charge in [0.15, 0.2) is 0 Å². The average molecular weight is 310 g/mol. The lowest BCUT2D eigenvalue weighted by molar-refractivity contribution is 0.0940. The van der Waals surface area contributed by atoms with Gasteiger partial charge in [0.2, 0.25) is 0 Å². The summed E-state index contributed by atoms with van der Waals surface area (Å²) in [6.45, 7) is 1.83. The van der Waals surface area contributed by atoms with Gasteiger partial charge in [0.1, 0.15) is 23.3 Å². The van der Waals surface area contributed by atoms with Crippen LogP contribution in [0.1, 0.15) is 28.9 Å². The number of carbonyl (C=O) groups excluding carboxylic acids is 1. The standard InChI is InChI=1S/C18H15FN2O2/c1-12(13-7-9-15(19)10-8-13)20-18(22)16-11-23-21-17(16)14-5-3-2-4-6-14/h2-12H,1H3,(H,20,22)/t12-/m1/s1. The van der Waals surface area contributed by atoms with Crippen LogP contribution in [0.2, 0.25) is 0 Å². The van der Waals surface area contributed by atoms with E-state index in [-0.39, 0.29) is 17.8 Å². The summed E-state index contributed by atoms with van der Waals surface area (Å²) in [5.41, 5.74) is 2.48. The van der Waals surface area contributed by atoms with Gasteiger partial charge in [0, 0.05) is 5.56 Å². The zero-order chi connectivity index (χ0) is 16.2. The number of carbonyl (C=O) groups is 1. The third kappa shape index (κ3) is 3.29. The number of hydrogen-bond acceptors (Lipinski definition) is 3. The number of nitrogens with zero attached hydrogens (tertiary/aromatic N) is 1. The Kier molecular flexibility index (Phi) is 4.19. The molecule has 0 saturated heterocycles. The molecule has 1 amide bonds. The van der Waals surface area contributed by atoms with Crippen LogP contribution in [0.25, 0.3) is 11.3 Å². The Balaban J connectivity index is 1.79. The molecule has 4 nitrogen and oxygen atoms in total. The second-order valence-corrected chi connectivity index (χ2v) is 5.19. The monoisotopic (exact) mass is 310 g/mol. The summed E-state index contributed by atoms with van der Waals surface area (Å²) in [4.78, 5) is 12.5. The van der Waals surface area contributed by atoms with E-state index in [0.717, 1.165) is 11.1 Å². The first-order valence-corrected chi connectivity index (χ1v) is 7.21. The van der Waals surface area contributed by atoms with Crippen LogP contribution >= 0.6 is 0 Å². The molecule has 0 unspecified atom stereocenters. The van der Waals surface area contributed by atoms with Crippen molar-refractivity contribution in [1.29, 1.82) is 0 Å². The Morgan fingerprint density at radius 1 is 1.13 bits per heavy atom. The number of halogens is 1. The van der Waals surface area contributed by atoms with Gasteiger partial charge in [-0.1, -0.05) is 47.6 Å². The first-order chi connectivity index (χ1) is 11.1. The van der Waals surface area contributed by atoms with Crippen LogP contribution in [0, 0.1) is 5.82 Å². The lowest BCUT2D eigenvalue weighted by Gasteiger charge is -2.14. The van der Waals surface area contributed by atoms with E-state index in [1.807, 2.05) is 37.3 Å². The molecule has 1 aromatic heterocycles. The van der Waals surface area contributed by atoms with Crippen molar-refractivity contribution in [1.82, 2.24) is 10.5 Å². The Labute approximate surface area is 132 Å². The molecular formula is C18H15FN2O2. The third-order valence-electron chi connectivity index (χ3n) is 3.58. The van der Waals surface area contributed by atoms with Gasteiger partial charge in [-0.05, 0) is 24.6 Å². The molecule has 23 heavy (non-hydrogen) atoms. The van der Waals surface area contributed by atoms with E-state index in [2.05, 4.69) is 10.5 Å². The fraction of sp³-hybridized carbons (Fsp3) is 0.111. The molecule has 0 radical (unpaired) electrons. The predicted octanol–water partition coefficient (Wildman–Crippen LogP) is 3.97. The van der Waals surface area contributed by atoms with Crippen LogP contribution < -0.4 is 5.32 Å². The number of nitrogens with one attached hydrogen (secondary N) is 1. The summed E-state index contributed by atoms with van der Waals surface area (Å²) in [5.74, 6) is -0.598. The molecule has 5 heteroatoms. The summed E-state index contributed by atoms with van der Waals surface area (Å²) >= 11 is 0. The van der Waals surface area contributed by atoms with Gasteiger partial charge in [-0.15, -0.1) is 0 Å². The third-order valence-corrected chi connectivity index (χ3v) is 3.58. The number of aromatic nitrogens is 1. The maximum atomic E-state index is 13.0. The molecule has 1 atom stereocenters. The fourth-order valence-electron chi connectivity index (χ4n) is 2.31. The second-order valence-electron chi connectivity index (χ2n) is 5.19.